The minimum Gasteiger partial charge on any atom is -0.481 e. The van der Waals surface area contributed by atoms with Crippen molar-refractivity contribution in [1.29, 1.82) is 0 Å². The lowest BCUT2D eigenvalue weighted by molar-refractivity contribution is -0.138. The number of likely N-dealkylation sites (tertiary alicyclic amines) is 1. The molecule has 4 N–H and O–H groups in total. The van der Waals surface area contributed by atoms with Crippen molar-refractivity contribution in [2.75, 3.05) is 13.1 Å². The predicted molar refractivity (Wildman–Crippen MR) is 77.5 cm³/mol. The van der Waals surface area contributed by atoms with Crippen molar-refractivity contribution in [3.63, 3.8) is 0 Å². The van der Waals surface area contributed by atoms with Gasteiger partial charge in [-0.1, -0.05) is 13.8 Å². The molecule has 0 aliphatic carbocycles. The number of carboxylic acid groups (broad SMARTS) is 1. The Morgan fingerprint density at radius 1 is 1.38 bits per heavy atom. The van der Waals surface area contributed by atoms with Gasteiger partial charge in [-0.25, -0.2) is 4.79 Å². The Kier molecular flexibility index (Phi) is 6.45. The number of hydrogen-bond acceptors (Lipinski definition) is 3. The van der Waals surface area contributed by atoms with Gasteiger partial charge in [-0.3, -0.25) is 9.59 Å². The molecule has 21 heavy (non-hydrogen) atoms. The van der Waals surface area contributed by atoms with Crippen LogP contribution in [0.4, 0.5) is 4.79 Å². The summed E-state index contributed by atoms with van der Waals surface area (Å²) in [7, 11) is 0. The maximum Gasteiger partial charge on any atom is 0.318 e. The Morgan fingerprint density at radius 2 is 2.05 bits per heavy atom. The number of nitrogens with zero attached hydrogens (tertiary/aromatic N) is 1. The second-order valence-corrected chi connectivity index (χ2v) is 6.03. The van der Waals surface area contributed by atoms with E-state index in [-0.39, 0.29) is 18.4 Å². The first-order valence-corrected chi connectivity index (χ1v) is 7.36. The zero-order chi connectivity index (χ0) is 16.0. The summed E-state index contributed by atoms with van der Waals surface area (Å²) in [4.78, 5) is 35.7. The number of amides is 3. The third-order valence-electron chi connectivity index (χ3n) is 3.65. The van der Waals surface area contributed by atoms with E-state index in [2.05, 4.69) is 5.32 Å². The summed E-state index contributed by atoms with van der Waals surface area (Å²) in [5.41, 5.74) is 5.28. The molecule has 0 spiro atoms. The molecule has 2 unspecified atom stereocenters. The first-order valence-electron chi connectivity index (χ1n) is 7.36. The highest BCUT2D eigenvalue weighted by Crippen LogP contribution is 2.18. The SMILES string of the molecule is CC(C)CC(CNC(=O)N1CCCC1C(N)=O)CC(=O)O. The van der Waals surface area contributed by atoms with Gasteiger partial charge in [0.2, 0.25) is 5.91 Å². The molecule has 1 aliphatic heterocycles. The van der Waals surface area contributed by atoms with Crippen LogP contribution in [0.3, 0.4) is 0 Å². The molecule has 1 saturated heterocycles. The van der Waals surface area contributed by atoms with Crippen LogP contribution in [-0.4, -0.2) is 47.0 Å². The number of hydrogen-bond donors (Lipinski definition) is 3. The van der Waals surface area contributed by atoms with Crippen molar-refractivity contribution in [2.24, 2.45) is 17.6 Å². The number of primary amides is 1. The van der Waals surface area contributed by atoms with E-state index in [0.717, 1.165) is 12.8 Å². The molecular weight excluding hydrogens is 274 g/mol. The van der Waals surface area contributed by atoms with E-state index in [9.17, 15) is 14.4 Å². The van der Waals surface area contributed by atoms with E-state index in [1.54, 1.807) is 0 Å². The van der Waals surface area contributed by atoms with Crippen LogP contribution in [0.1, 0.15) is 39.5 Å². The number of aliphatic carboxylic acids is 1. The van der Waals surface area contributed by atoms with Crippen LogP contribution in [0.5, 0.6) is 0 Å². The molecule has 0 aromatic rings. The van der Waals surface area contributed by atoms with Crippen LogP contribution in [0, 0.1) is 11.8 Å². The first kappa shape index (κ1) is 17.3. The molecule has 3 amide bonds. The summed E-state index contributed by atoms with van der Waals surface area (Å²) in [6, 6.07) is -0.886. The Morgan fingerprint density at radius 3 is 2.57 bits per heavy atom. The summed E-state index contributed by atoms with van der Waals surface area (Å²) < 4.78 is 0. The smallest absolute Gasteiger partial charge is 0.318 e. The monoisotopic (exact) mass is 299 g/mol. The molecule has 0 bridgehead atoms. The van der Waals surface area contributed by atoms with Gasteiger partial charge in [0.25, 0.3) is 0 Å². The minimum absolute atomic E-state index is 0.0255. The lowest BCUT2D eigenvalue weighted by Gasteiger charge is -2.24. The van der Waals surface area contributed by atoms with Crippen molar-refractivity contribution >= 4 is 17.9 Å². The van der Waals surface area contributed by atoms with Crippen molar-refractivity contribution in [3.05, 3.63) is 0 Å². The van der Waals surface area contributed by atoms with Crippen LogP contribution in [0.15, 0.2) is 0 Å². The number of nitrogens with one attached hydrogen (secondary N) is 1. The van der Waals surface area contributed by atoms with Gasteiger partial charge in [0.15, 0.2) is 0 Å². The molecular formula is C14H25N3O4. The van der Waals surface area contributed by atoms with Crippen molar-refractivity contribution < 1.29 is 19.5 Å². The number of rotatable bonds is 7. The van der Waals surface area contributed by atoms with E-state index in [1.807, 2.05) is 13.8 Å². The molecule has 7 heteroatoms. The molecule has 0 radical (unpaired) electrons. The fraction of sp³-hybridized carbons (Fsp3) is 0.786. The molecule has 120 valence electrons. The molecule has 2 atom stereocenters. The van der Waals surface area contributed by atoms with Gasteiger partial charge in [0.1, 0.15) is 6.04 Å². The zero-order valence-corrected chi connectivity index (χ0v) is 12.7. The van der Waals surface area contributed by atoms with E-state index in [1.165, 1.54) is 4.90 Å². The largest absolute Gasteiger partial charge is 0.481 e. The van der Waals surface area contributed by atoms with Gasteiger partial charge < -0.3 is 21.1 Å². The third kappa shape index (κ3) is 5.61. The van der Waals surface area contributed by atoms with Gasteiger partial charge in [0.05, 0.1) is 0 Å². The van der Waals surface area contributed by atoms with Crippen LogP contribution in [-0.2, 0) is 9.59 Å². The predicted octanol–water partition coefficient (Wildman–Crippen LogP) is 0.783. The highest BCUT2D eigenvalue weighted by Gasteiger charge is 2.32. The normalized spacial score (nSPS) is 19.6. The quantitative estimate of drug-likeness (QED) is 0.644. The number of carbonyl (C=O) groups excluding carboxylic acids is 2. The number of nitrogens with two attached hydrogens (primary N) is 1. The van der Waals surface area contributed by atoms with Crippen LogP contribution in [0.2, 0.25) is 0 Å². The van der Waals surface area contributed by atoms with Crippen molar-refractivity contribution in [2.45, 2.75) is 45.6 Å². The molecule has 0 aromatic carbocycles. The van der Waals surface area contributed by atoms with Gasteiger partial charge in [-0.05, 0) is 31.1 Å². The summed E-state index contributed by atoms with van der Waals surface area (Å²) >= 11 is 0. The fourth-order valence-corrected chi connectivity index (χ4v) is 2.79. The molecule has 0 saturated carbocycles. The number of carboxylic acids is 1. The molecule has 0 aromatic heterocycles. The van der Waals surface area contributed by atoms with E-state index >= 15 is 0 Å². The second-order valence-electron chi connectivity index (χ2n) is 6.03. The lowest BCUT2D eigenvalue weighted by Crippen LogP contribution is -2.49. The van der Waals surface area contributed by atoms with Crippen LogP contribution in [0.25, 0.3) is 0 Å². The summed E-state index contributed by atoms with van der Waals surface area (Å²) in [6.07, 6.45) is 2.10. The molecule has 1 aliphatic rings. The standard InChI is InChI=1S/C14H25N3O4/c1-9(2)6-10(7-12(18)19)8-16-14(21)17-5-3-4-11(17)13(15)20/h9-11H,3-8H2,1-2H3,(H2,15,20)(H,16,21)(H,18,19). The maximum atomic E-state index is 12.1. The van der Waals surface area contributed by atoms with Gasteiger partial charge >= 0.3 is 12.0 Å². The number of carbonyl (C=O) groups is 3. The minimum atomic E-state index is -0.869. The van der Waals surface area contributed by atoms with Gasteiger partial charge in [0, 0.05) is 19.5 Å². The Labute approximate surface area is 124 Å². The molecule has 1 heterocycles. The van der Waals surface area contributed by atoms with Crippen LogP contribution >= 0.6 is 0 Å². The highest BCUT2D eigenvalue weighted by molar-refractivity contribution is 5.86. The summed E-state index contributed by atoms with van der Waals surface area (Å²) in [5, 5.41) is 11.6. The topological polar surface area (TPSA) is 113 Å². The molecule has 7 nitrogen and oxygen atoms in total. The van der Waals surface area contributed by atoms with Crippen LogP contribution < -0.4 is 11.1 Å². The summed E-state index contributed by atoms with van der Waals surface area (Å²) in [5.74, 6) is -1.12. The van der Waals surface area contributed by atoms with E-state index < -0.39 is 17.9 Å². The Hall–Kier alpha value is -1.79. The first-order chi connectivity index (χ1) is 9.81. The Balaban J connectivity index is 2.52. The third-order valence-corrected chi connectivity index (χ3v) is 3.65. The van der Waals surface area contributed by atoms with Crippen molar-refractivity contribution in [3.8, 4) is 0 Å². The molecule has 1 rings (SSSR count). The second kappa shape index (κ2) is 7.85. The average Bonchev–Trinajstić information content (AvgIpc) is 2.83. The van der Waals surface area contributed by atoms with E-state index in [4.69, 9.17) is 10.8 Å². The average molecular weight is 299 g/mol. The highest BCUT2D eigenvalue weighted by atomic mass is 16.4. The lowest BCUT2D eigenvalue weighted by atomic mass is 9.94. The maximum absolute atomic E-state index is 12.1. The van der Waals surface area contributed by atoms with E-state index in [0.29, 0.717) is 25.4 Å². The van der Waals surface area contributed by atoms with Gasteiger partial charge in [-0.2, -0.15) is 0 Å². The van der Waals surface area contributed by atoms with Crippen molar-refractivity contribution in [1.82, 2.24) is 10.2 Å². The summed E-state index contributed by atoms with van der Waals surface area (Å²) in [6.45, 7) is 4.83. The van der Waals surface area contributed by atoms with Gasteiger partial charge in [-0.15, -0.1) is 0 Å². The number of urea groups is 1. The Bertz CT molecular complexity index is 398. The zero-order valence-electron chi connectivity index (χ0n) is 12.7. The molecule has 1 fully saturated rings. The fourth-order valence-electron chi connectivity index (χ4n) is 2.79.